The van der Waals surface area contributed by atoms with Crippen LogP contribution in [0.1, 0.15) is 24.1 Å². The van der Waals surface area contributed by atoms with Gasteiger partial charge >= 0.3 is 0 Å². The summed E-state index contributed by atoms with van der Waals surface area (Å²) in [6.45, 7) is 2.17. The van der Waals surface area contributed by atoms with Crippen molar-refractivity contribution in [3.8, 4) is 11.1 Å². The van der Waals surface area contributed by atoms with Crippen LogP contribution in [0.15, 0.2) is 85.1 Å². The lowest BCUT2D eigenvalue weighted by Gasteiger charge is -2.07. The van der Waals surface area contributed by atoms with E-state index >= 15 is 0 Å². The number of rotatable bonds is 4. The van der Waals surface area contributed by atoms with E-state index < -0.39 is 0 Å². The van der Waals surface area contributed by atoms with Gasteiger partial charge in [-0.2, -0.15) is 0 Å². The van der Waals surface area contributed by atoms with Crippen LogP contribution in [-0.2, 0) is 0 Å². The summed E-state index contributed by atoms with van der Waals surface area (Å²) in [4.78, 5) is 4.62. The van der Waals surface area contributed by atoms with Crippen molar-refractivity contribution in [1.82, 2.24) is 4.98 Å². The maximum absolute atomic E-state index is 4.62. The van der Waals surface area contributed by atoms with Crippen molar-refractivity contribution in [1.29, 1.82) is 0 Å². The molecule has 0 bridgehead atoms. The maximum atomic E-state index is 4.62. The molecule has 1 heteroatoms. The molecule has 0 fully saturated rings. The van der Waals surface area contributed by atoms with Crippen molar-refractivity contribution < 1.29 is 0 Å². The smallest absolute Gasteiger partial charge is 0.0469 e. The van der Waals surface area contributed by atoms with E-state index in [2.05, 4.69) is 84.7 Å². The average Bonchev–Trinajstić information content (AvgIpc) is 2.61. The van der Waals surface area contributed by atoms with E-state index in [-0.39, 0.29) is 0 Å². The van der Waals surface area contributed by atoms with E-state index in [0.29, 0.717) is 5.92 Å². The highest BCUT2D eigenvalue weighted by Crippen LogP contribution is 2.21. The molecule has 1 atom stereocenters. The Balaban J connectivity index is 1.74. The lowest BCUT2D eigenvalue weighted by Crippen LogP contribution is -1.93. The molecular formula is C21H19N. The zero-order chi connectivity index (χ0) is 15.2. The zero-order valence-electron chi connectivity index (χ0n) is 12.7. The molecule has 2 aromatic carbocycles. The first-order valence-electron chi connectivity index (χ1n) is 7.57. The highest BCUT2D eigenvalue weighted by atomic mass is 14.7. The predicted octanol–water partition coefficient (Wildman–Crippen LogP) is 5.57. The summed E-state index contributed by atoms with van der Waals surface area (Å²) in [6, 6.07) is 25.0. The third-order valence-electron chi connectivity index (χ3n) is 3.74. The second kappa shape index (κ2) is 6.86. The normalized spacial score (nSPS) is 12.4. The number of pyridine rings is 1. The average molecular weight is 285 g/mol. The standard InChI is InChI=1S/C21H19N/c1-17(12-13-18-8-4-2-5-9-18)21-15-14-20(16-22-21)19-10-6-3-7-11-19/h2-17H,1H3. The van der Waals surface area contributed by atoms with Crippen LogP contribution in [0.4, 0.5) is 0 Å². The van der Waals surface area contributed by atoms with E-state index in [4.69, 9.17) is 0 Å². The van der Waals surface area contributed by atoms with Crippen molar-refractivity contribution in [2.24, 2.45) is 0 Å². The minimum Gasteiger partial charge on any atom is -0.260 e. The van der Waals surface area contributed by atoms with E-state index in [1.54, 1.807) is 0 Å². The fourth-order valence-corrected chi connectivity index (χ4v) is 2.39. The van der Waals surface area contributed by atoms with Crippen LogP contribution >= 0.6 is 0 Å². The first-order chi connectivity index (χ1) is 10.8. The second-order valence-electron chi connectivity index (χ2n) is 5.40. The van der Waals surface area contributed by atoms with Crippen molar-refractivity contribution in [3.05, 3.63) is 96.3 Å². The van der Waals surface area contributed by atoms with Crippen LogP contribution in [0.5, 0.6) is 0 Å². The molecule has 1 nitrogen and oxygen atoms in total. The van der Waals surface area contributed by atoms with Gasteiger partial charge in [-0.25, -0.2) is 0 Å². The van der Waals surface area contributed by atoms with Gasteiger partial charge in [-0.3, -0.25) is 4.98 Å². The van der Waals surface area contributed by atoms with Gasteiger partial charge < -0.3 is 0 Å². The summed E-state index contributed by atoms with van der Waals surface area (Å²) in [5, 5.41) is 0. The molecule has 3 aromatic rings. The summed E-state index contributed by atoms with van der Waals surface area (Å²) in [6.07, 6.45) is 6.30. The van der Waals surface area contributed by atoms with E-state index in [9.17, 15) is 0 Å². The largest absolute Gasteiger partial charge is 0.260 e. The van der Waals surface area contributed by atoms with Crippen LogP contribution in [0, 0.1) is 0 Å². The number of benzene rings is 2. The lowest BCUT2D eigenvalue weighted by molar-refractivity contribution is 0.911. The molecule has 3 rings (SSSR count). The summed E-state index contributed by atoms with van der Waals surface area (Å²) in [5.41, 5.74) is 4.67. The molecule has 22 heavy (non-hydrogen) atoms. The number of allylic oxidation sites excluding steroid dienone is 1. The van der Waals surface area contributed by atoms with Gasteiger partial charge in [0.2, 0.25) is 0 Å². The van der Waals surface area contributed by atoms with Crippen LogP contribution in [0.2, 0.25) is 0 Å². The summed E-state index contributed by atoms with van der Waals surface area (Å²) in [5.74, 6) is 0.296. The summed E-state index contributed by atoms with van der Waals surface area (Å²) >= 11 is 0. The van der Waals surface area contributed by atoms with Crippen molar-refractivity contribution in [2.75, 3.05) is 0 Å². The van der Waals surface area contributed by atoms with Gasteiger partial charge in [0.15, 0.2) is 0 Å². The third-order valence-corrected chi connectivity index (χ3v) is 3.74. The number of hydrogen-bond acceptors (Lipinski definition) is 1. The molecule has 1 aromatic heterocycles. The van der Waals surface area contributed by atoms with Gasteiger partial charge in [-0.1, -0.05) is 85.8 Å². The highest BCUT2D eigenvalue weighted by Gasteiger charge is 2.04. The lowest BCUT2D eigenvalue weighted by atomic mass is 10.0. The van der Waals surface area contributed by atoms with Gasteiger partial charge in [-0.05, 0) is 17.2 Å². The SMILES string of the molecule is CC(C=Cc1ccccc1)c1ccc(-c2ccccc2)cn1. The first kappa shape index (κ1) is 14.3. The molecule has 1 unspecified atom stereocenters. The molecular weight excluding hydrogens is 266 g/mol. The van der Waals surface area contributed by atoms with Gasteiger partial charge in [0.05, 0.1) is 0 Å². The summed E-state index contributed by atoms with van der Waals surface area (Å²) < 4.78 is 0. The molecule has 0 aliphatic heterocycles. The van der Waals surface area contributed by atoms with Gasteiger partial charge in [0, 0.05) is 23.4 Å². The molecule has 0 aliphatic rings. The monoisotopic (exact) mass is 285 g/mol. The number of aromatic nitrogens is 1. The fraction of sp³-hybridized carbons (Fsp3) is 0.0952. The van der Waals surface area contributed by atoms with Crippen molar-refractivity contribution >= 4 is 6.08 Å². The van der Waals surface area contributed by atoms with Crippen LogP contribution in [0.3, 0.4) is 0 Å². The molecule has 0 saturated carbocycles. The Kier molecular flexibility index (Phi) is 4.45. The molecule has 0 N–H and O–H groups in total. The molecule has 0 amide bonds. The van der Waals surface area contributed by atoms with Gasteiger partial charge in [0.1, 0.15) is 0 Å². The molecule has 0 spiro atoms. The van der Waals surface area contributed by atoms with Gasteiger partial charge in [-0.15, -0.1) is 0 Å². The van der Waals surface area contributed by atoms with Crippen LogP contribution in [0.25, 0.3) is 17.2 Å². The predicted molar refractivity (Wildman–Crippen MR) is 93.6 cm³/mol. The Labute approximate surface area is 132 Å². The van der Waals surface area contributed by atoms with Crippen LogP contribution in [-0.4, -0.2) is 4.98 Å². The Morgan fingerprint density at radius 1 is 0.773 bits per heavy atom. The summed E-state index contributed by atoms with van der Waals surface area (Å²) in [7, 11) is 0. The maximum Gasteiger partial charge on any atom is 0.0469 e. The van der Waals surface area contributed by atoms with Gasteiger partial charge in [0.25, 0.3) is 0 Å². The Morgan fingerprint density at radius 2 is 1.45 bits per heavy atom. The number of nitrogens with zero attached hydrogens (tertiary/aromatic N) is 1. The minimum atomic E-state index is 0.296. The Hall–Kier alpha value is -2.67. The van der Waals surface area contributed by atoms with Crippen molar-refractivity contribution in [3.63, 3.8) is 0 Å². The zero-order valence-corrected chi connectivity index (χ0v) is 12.7. The molecule has 0 radical (unpaired) electrons. The molecule has 0 aliphatic carbocycles. The van der Waals surface area contributed by atoms with Crippen molar-refractivity contribution in [2.45, 2.75) is 12.8 Å². The topological polar surface area (TPSA) is 12.9 Å². The minimum absolute atomic E-state index is 0.296. The molecule has 108 valence electrons. The van der Waals surface area contributed by atoms with E-state index in [0.717, 1.165) is 11.3 Å². The Bertz CT molecular complexity index is 728. The van der Waals surface area contributed by atoms with E-state index in [1.807, 2.05) is 18.3 Å². The third kappa shape index (κ3) is 3.50. The van der Waals surface area contributed by atoms with Crippen LogP contribution < -0.4 is 0 Å². The van der Waals surface area contributed by atoms with E-state index in [1.165, 1.54) is 11.1 Å². The fourth-order valence-electron chi connectivity index (χ4n) is 2.39. The molecule has 1 heterocycles. The highest BCUT2D eigenvalue weighted by molar-refractivity contribution is 5.62. The first-order valence-corrected chi connectivity index (χ1v) is 7.57. The number of hydrogen-bond donors (Lipinski definition) is 0. The second-order valence-corrected chi connectivity index (χ2v) is 5.40. The molecule has 0 saturated heterocycles. The Morgan fingerprint density at radius 3 is 2.09 bits per heavy atom. The quantitative estimate of drug-likeness (QED) is 0.611.